The molecule has 0 bridgehead atoms. The van der Waals surface area contributed by atoms with Gasteiger partial charge in [0.15, 0.2) is 5.69 Å². The highest BCUT2D eigenvalue weighted by Crippen LogP contribution is 2.35. The van der Waals surface area contributed by atoms with Crippen LogP contribution in [0, 0.1) is 5.92 Å². The van der Waals surface area contributed by atoms with E-state index in [1.54, 1.807) is 6.07 Å². The van der Waals surface area contributed by atoms with Gasteiger partial charge in [-0.1, -0.05) is 20.8 Å². The maximum absolute atomic E-state index is 13.0. The number of hydrogen-bond donors (Lipinski definition) is 1. The second kappa shape index (κ2) is 6.96. The lowest BCUT2D eigenvalue weighted by Crippen LogP contribution is -2.18. The third-order valence-electron chi connectivity index (χ3n) is 3.56. The fourth-order valence-corrected chi connectivity index (χ4v) is 3.60. The van der Waals surface area contributed by atoms with Crippen LogP contribution in [0.2, 0.25) is 0 Å². The van der Waals surface area contributed by atoms with E-state index in [0.717, 1.165) is 22.2 Å². The average molecular weight is 359 g/mol. The Morgan fingerprint density at radius 3 is 2.62 bits per heavy atom. The van der Waals surface area contributed by atoms with Gasteiger partial charge in [-0.3, -0.25) is 9.48 Å². The van der Waals surface area contributed by atoms with Crippen molar-refractivity contribution in [3.8, 4) is 0 Å². The van der Waals surface area contributed by atoms with Gasteiger partial charge in [0, 0.05) is 18.1 Å². The summed E-state index contributed by atoms with van der Waals surface area (Å²) in [6.07, 6.45) is -2.65. The quantitative estimate of drug-likeness (QED) is 0.825. The van der Waals surface area contributed by atoms with Crippen molar-refractivity contribution in [2.75, 3.05) is 5.32 Å². The molecule has 1 atom stereocenters. The van der Waals surface area contributed by atoms with Crippen molar-refractivity contribution in [3.63, 3.8) is 0 Å². The van der Waals surface area contributed by atoms with Gasteiger partial charge in [0.05, 0.1) is 11.3 Å². The monoisotopic (exact) mass is 359 g/mol. The van der Waals surface area contributed by atoms with Gasteiger partial charge in [0.1, 0.15) is 0 Å². The molecular formula is C16H20F3N3OS. The van der Waals surface area contributed by atoms with Crippen molar-refractivity contribution < 1.29 is 18.0 Å². The lowest BCUT2D eigenvalue weighted by atomic mass is 9.97. The SMILES string of the molecule is CC(C)CC(C)c1sccc1NC(=O)c1cn(C)nc1C(F)(F)F. The van der Waals surface area contributed by atoms with Gasteiger partial charge < -0.3 is 5.32 Å². The third kappa shape index (κ3) is 4.17. The number of carbonyl (C=O) groups is 1. The Morgan fingerprint density at radius 1 is 1.38 bits per heavy atom. The van der Waals surface area contributed by atoms with Crippen molar-refractivity contribution >= 4 is 22.9 Å². The first kappa shape index (κ1) is 18.5. The summed E-state index contributed by atoms with van der Waals surface area (Å²) < 4.78 is 40.0. The van der Waals surface area contributed by atoms with Gasteiger partial charge >= 0.3 is 6.18 Å². The van der Waals surface area contributed by atoms with Gasteiger partial charge in [-0.15, -0.1) is 11.3 Å². The fourth-order valence-electron chi connectivity index (χ4n) is 2.67. The fraction of sp³-hybridized carbons (Fsp3) is 0.500. The third-order valence-corrected chi connectivity index (χ3v) is 4.71. The van der Waals surface area contributed by atoms with Crippen molar-refractivity contribution in [1.82, 2.24) is 9.78 Å². The smallest absolute Gasteiger partial charge is 0.321 e. The van der Waals surface area contributed by atoms with E-state index in [1.165, 1.54) is 18.4 Å². The van der Waals surface area contributed by atoms with E-state index >= 15 is 0 Å². The Kier molecular flexibility index (Phi) is 5.37. The molecule has 0 spiro atoms. The van der Waals surface area contributed by atoms with Crippen LogP contribution in [-0.2, 0) is 13.2 Å². The predicted octanol–water partition coefficient (Wildman–Crippen LogP) is 4.90. The normalized spacial score (nSPS) is 13.3. The average Bonchev–Trinajstić information content (AvgIpc) is 3.03. The molecule has 2 heterocycles. The van der Waals surface area contributed by atoms with Crippen LogP contribution in [0.5, 0.6) is 0 Å². The standard InChI is InChI=1S/C16H20F3N3OS/c1-9(2)7-10(3)13-12(5-6-24-13)20-15(23)11-8-22(4)21-14(11)16(17,18)19/h5-6,8-10H,7H2,1-4H3,(H,20,23). The molecule has 0 saturated carbocycles. The minimum Gasteiger partial charge on any atom is -0.321 e. The van der Waals surface area contributed by atoms with Crippen LogP contribution >= 0.6 is 11.3 Å². The molecule has 0 saturated heterocycles. The molecule has 4 nitrogen and oxygen atoms in total. The van der Waals surface area contributed by atoms with Crippen LogP contribution in [0.3, 0.4) is 0 Å². The second-order valence-electron chi connectivity index (χ2n) is 6.25. The van der Waals surface area contributed by atoms with Crippen molar-refractivity contribution in [3.05, 3.63) is 33.8 Å². The lowest BCUT2D eigenvalue weighted by Gasteiger charge is -2.15. The molecule has 0 aliphatic carbocycles. The van der Waals surface area contributed by atoms with E-state index in [-0.39, 0.29) is 5.92 Å². The van der Waals surface area contributed by atoms with Crippen LogP contribution in [-0.4, -0.2) is 15.7 Å². The first-order valence-electron chi connectivity index (χ1n) is 7.59. The topological polar surface area (TPSA) is 46.9 Å². The molecule has 8 heteroatoms. The number of aromatic nitrogens is 2. The van der Waals surface area contributed by atoms with Gasteiger partial charge in [-0.05, 0) is 29.7 Å². The van der Waals surface area contributed by atoms with E-state index in [9.17, 15) is 18.0 Å². The maximum atomic E-state index is 13.0. The number of thiophene rings is 1. The molecule has 1 unspecified atom stereocenters. The van der Waals surface area contributed by atoms with E-state index in [4.69, 9.17) is 0 Å². The number of rotatable bonds is 5. The molecule has 2 aromatic heterocycles. The number of hydrogen-bond acceptors (Lipinski definition) is 3. The van der Waals surface area contributed by atoms with E-state index in [1.807, 2.05) is 12.3 Å². The van der Waals surface area contributed by atoms with Crippen molar-refractivity contribution in [1.29, 1.82) is 0 Å². The summed E-state index contributed by atoms with van der Waals surface area (Å²) in [7, 11) is 1.35. The van der Waals surface area contributed by atoms with Crippen molar-refractivity contribution in [2.45, 2.75) is 39.3 Å². The first-order valence-corrected chi connectivity index (χ1v) is 8.47. The molecule has 0 aromatic carbocycles. The molecule has 0 radical (unpaired) electrons. The summed E-state index contributed by atoms with van der Waals surface area (Å²) in [5, 5.41) is 7.80. The van der Waals surface area contributed by atoms with Crippen LogP contribution in [0.25, 0.3) is 0 Å². The highest BCUT2D eigenvalue weighted by atomic mass is 32.1. The molecule has 24 heavy (non-hydrogen) atoms. The number of anilines is 1. The van der Waals surface area contributed by atoms with E-state index in [2.05, 4.69) is 24.3 Å². The summed E-state index contributed by atoms with van der Waals surface area (Å²) in [6.45, 7) is 6.26. The number of aryl methyl sites for hydroxylation is 1. The Bertz CT molecular complexity index is 718. The zero-order chi connectivity index (χ0) is 18.1. The molecule has 1 N–H and O–H groups in total. The molecular weight excluding hydrogens is 339 g/mol. The molecule has 0 aliphatic rings. The number of nitrogens with zero attached hydrogens (tertiary/aromatic N) is 2. The first-order chi connectivity index (χ1) is 11.1. The second-order valence-corrected chi connectivity index (χ2v) is 7.19. The molecule has 1 amide bonds. The summed E-state index contributed by atoms with van der Waals surface area (Å²) in [4.78, 5) is 13.3. The largest absolute Gasteiger partial charge is 0.435 e. The Morgan fingerprint density at radius 2 is 2.04 bits per heavy atom. The van der Waals surface area contributed by atoms with Gasteiger partial charge in [0.25, 0.3) is 5.91 Å². The number of amides is 1. The zero-order valence-electron chi connectivity index (χ0n) is 13.9. The Balaban J connectivity index is 2.25. The highest BCUT2D eigenvalue weighted by Gasteiger charge is 2.39. The number of nitrogens with one attached hydrogen (secondary N) is 1. The lowest BCUT2D eigenvalue weighted by molar-refractivity contribution is -0.141. The number of halogens is 3. The summed E-state index contributed by atoms with van der Waals surface area (Å²) >= 11 is 1.49. The molecule has 0 fully saturated rings. The maximum Gasteiger partial charge on any atom is 0.435 e. The summed E-state index contributed by atoms with van der Waals surface area (Å²) in [6, 6.07) is 1.72. The molecule has 2 aromatic rings. The summed E-state index contributed by atoms with van der Waals surface area (Å²) in [5.41, 5.74) is -1.08. The predicted molar refractivity (Wildman–Crippen MR) is 88.4 cm³/mol. The number of alkyl halides is 3. The molecule has 2 rings (SSSR count). The Hall–Kier alpha value is -1.83. The highest BCUT2D eigenvalue weighted by molar-refractivity contribution is 7.10. The van der Waals surface area contributed by atoms with Crippen LogP contribution in [0.4, 0.5) is 18.9 Å². The van der Waals surface area contributed by atoms with Crippen LogP contribution in [0.1, 0.15) is 54.0 Å². The van der Waals surface area contributed by atoms with Gasteiger partial charge in [0.2, 0.25) is 0 Å². The Labute approximate surface area is 142 Å². The number of carbonyl (C=O) groups excluding carboxylic acids is 1. The summed E-state index contributed by atoms with van der Waals surface area (Å²) in [5.74, 6) is -0.0936. The van der Waals surface area contributed by atoms with E-state index in [0.29, 0.717) is 11.6 Å². The van der Waals surface area contributed by atoms with Gasteiger partial charge in [-0.2, -0.15) is 18.3 Å². The van der Waals surface area contributed by atoms with Crippen LogP contribution < -0.4 is 5.32 Å². The minimum absolute atomic E-state index is 0.219. The zero-order valence-corrected chi connectivity index (χ0v) is 14.8. The molecule has 132 valence electrons. The van der Waals surface area contributed by atoms with Crippen LogP contribution in [0.15, 0.2) is 17.6 Å². The van der Waals surface area contributed by atoms with Gasteiger partial charge in [-0.25, -0.2) is 0 Å². The van der Waals surface area contributed by atoms with E-state index < -0.39 is 23.3 Å². The van der Waals surface area contributed by atoms with Crippen molar-refractivity contribution in [2.24, 2.45) is 13.0 Å². The minimum atomic E-state index is -4.67. The molecule has 0 aliphatic heterocycles.